The molecule has 1 fully saturated rings. The van der Waals surface area contributed by atoms with E-state index in [-0.39, 0.29) is 5.56 Å². The van der Waals surface area contributed by atoms with Gasteiger partial charge in [0.05, 0.1) is 24.4 Å². The van der Waals surface area contributed by atoms with Crippen molar-refractivity contribution in [1.82, 2.24) is 19.4 Å². The molecule has 3 heterocycles. The van der Waals surface area contributed by atoms with E-state index in [0.29, 0.717) is 41.5 Å². The quantitative estimate of drug-likeness (QED) is 0.320. The molecule has 2 aromatic carbocycles. The number of anilines is 1. The third kappa shape index (κ3) is 5.74. The van der Waals surface area contributed by atoms with E-state index in [4.69, 9.17) is 26.1 Å². The Balaban J connectivity index is 1.44. The van der Waals surface area contributed by atoms with Crippen LogP contribution in [0.4, 0.5) is 5.69 Å². The summed E-state index contributed by atoms with van der Waals surface area (Å²) in [4.78, 5) is 42.4. The number of nitrogens with zero attached hydrogens (tertiary/aromatic N) is 3. The van der Waals surface area contributed by atoms with Crippen LogP contribution in [-0.4, -0.2) is 46.4 Å². The highest BCUT2D eigenvalue weighted by atomic mass is 35.5. The van der Waals surface area contributed by atoms with Gasteiger partial charge < -0.3 is 24.7 Å². The highest BCUT2D eigenvalue weighted by Gasteiger charge is 2.20. The number of carbonyl (C=O) groups is 1. The first-order valence-electron chi connectivity index (χ1n) is 13.5. The molecule has 11 heteroatoms. The predicted octanol–water partition coefficient (Wildman–Crippen LogP) is 3.91. The molecule has 1 atom stereocenters. The van der Waals surface area contributed by atoms with E-state index < -0.39 is 17.2 Å². The molecular weight excluding hydrogens is 558 g/mol. The summed E-state index contributed by atoms with van der Waals surface area (Å²) in [5.74, 6) is -0.0940. The van der Waals surface area contributed by atoms with Gasteiger partial charge in [0, 0.05) is 61.9 Å². The molecule has 2 aromatic heterocycles. The number of nitrogens with one attached hydrogen (secondary N) is 2. The lowest BCUT2D eigenvalue weighted by atomic mass is 9.96. The zero-order valence-corrected chi connectivity index (χ0v) is 24.6. The Bertz CT molecular complexity index is 1770. The Kier molecular flexibility index (Phi) is 8.58. The fourth-order valence-electron chi connectivity index (χ4n) is 5.03. The van der Waals surface area contributed by atoms with Crippen LogP contribution in [0.1, 0.15) is 27.9 Å². The Morgan fingerprint density at radius 2 is 1.83 bits per heavy atom. The maximum atomic E-state index is 13.1. The summed E-state index contributed by atoms with van der Waals surface area (Å²) in [5, 5.41) is 6.80. The van der Waals surface area contributed by atoms with Crippen molar-refractivity contribution in [2.45, 2.75) is 25.9 Å². The van der Waals surface area contributed by atoms with Crippen LogP contribution in [-0.2, 0) is 25.4 Å². The van der Waals surface area contributed by atoms with E-state index >= 15 is 0 Å². The molecule has 4 aromatic rings. The highest BCUT2D eigenvalue weighted by molar-refractivity contribution is 6.36. The molecule has 5 rings (SSSR count). The zero-order chi connectivity index (χ0) is 30.0. The molecule has 1 amide bonds. The number of rotatable bonds is 8. The molecule has 0 bridgehead atoms. The minimum absolute atomic E-state index is 0.139. The van der Waals surface area contributed by atoms with Gasteiger partial charge in [-0.25, -0.2) is 9.78 Å². The second-order valence-corrected chi connectivity index (χ2v) is 10.6. The number of aryl methyl sites for hydroxylation is 1. The lowest BCUT2D eigenvalue weighted by Crippen LogP contribution is -2.40. The second kappa shape index (κ2) is 12.3. The van der Waals surface area contributed by atoms with Crippen molar-refractivity contribution in [3.05, 3.63) is 97.3 Å². The molecule has 1 aliphatic rings. The van der Waals surface area contributed by atoms with Crippen LogP contribution in [0.5, 0.6) is 5.88 Å². The van der Waals surface area contributed by atoms with Crippen LogP contribution in [0.2, 0.25) is 5.02 Å². The van der Waals surface area contributed by atoms with Crippen molar-refractivity contribution in [2.75, 3.05) is 25.6 Å². The average Bonchev–Trinajstić information content (AvgIpc) is 3.52. The number of hydrogen-bond donors (Lipinski definition) is 2. The number of benzene rings is 2. The van der Waals surface area contributed by atoms with Crippen molar-refractivity contribution >= 4 is 23.2 Å². The number of hydrogen-bond acceptors (Lipinski definition) is 7. The molecule has 2 N–H and O–H groups in total. The Morgan fingerprint density at radius 3 is 2.57 bits per heavy atom. The Hall–Kier alpha value is -4.25. The van der Waals surface area contributed by atoms with Crippen LogP contribution in [0.25, 0.3) is 22.4 Å². The average molecular weight is 590 g/mol. The minimum atomic E-state index is -0.669. The van der Waals surface area contributed by atoms with Crippen LogP contribution >= 0.6 is 11.6 Å². The van der Waals surface area contributed by atoms with Crippen molar-refractivity contribution in [3.63, 3.8) is 0 Å². The first-order valence-corrected chi connectivity index (χ1v) is 13.9. The predicted molar refractivity (Wildman–Crippen MR) is 162 cm³/mol. The van der Waals surface area contributed by atoms with Gasteiger partial charge in [0.25, 0.3) is 11.5 Å². The van der Waals surface area contributed by atoms with Gasteiger partial charge in [-0.15, -0.1) is 0 Å². The van der Waals surface area contributed by atoms with Crippen molar-refractivity contribution in [2.24, 2.45) is 14.1 Å². The van der Waals surface area contributed by atoms with Crippen molar-refractivity contribution < 1.29 is 14.3 Å². The lowest BCUT2D eigenvalue weighted by Gasteiger charge is -2.16. The van der Waals surface area contributed by atoms with Crippen LogP contribution < -0.4 is 26.6 Å². The van der Waals surface area contributed by atoms with Gasteiger partial charge in [0.2, 0.25) is 5.88 Å². The summed E-state index contributed by atoms with van der Waals surface area (Å²) in [6.45, 7) is 3.95. The largest absolute Gasteiger partial charge is 0.481 e. The Labute approximate surface area is 247 Å². The number of aromatic nitrogens is 3. The Morgan fingerprint density at radius 1 is 1.10 bits per heavy atom. The van der Waals surface area contributed by atoms with E-state index in [1.807, 2.05) is 43.3 Å². The van der Waals surface area contributed by atoms with Gasteiger partial charge in [-0.05, 0) is 36.6 Å². The van der Waals surface area contributed by atoms with Gasteiger partial charge in [0.1, 0.15) is 5.56 Å². The fraction of sp³-hybridized carbons (Fsp3) is 0.290. The van der Waals surface area contributed by atoms with Gasteiger partial charge in [-0.2, -0.15) is 0 Å². The first kappa shape index (κ1) is 29.2. The number of amides is 1. The number of halogens is 1. The zero-order valence-electron chi connectivity index (χ0n) is 23.9. The third-order valence-corrected chi connectivity index (χ3v) is 7.89. The van der Waals surface area contributed by atoms with Crippen LogP contribution in [0.15, 0.2) is 64.3 Å². The van der Waals surface area contributed by atoms with E-state index in [1.165, 1.54) is 24.9 Å². The normalized spacial score (nSPS) is 14.6. The van der Waals surface area contributed by atoms with E-state index in [1.54, 1.807) is 19.2 Å². The molecule has 1 saturated heterocycles. The summed E-state index contributed by atoms with van der Waals surface area (Å²) in [7, 11) is 4.42. The molecule has 42 heavy (non-hydrogen) atoms. The summed E-state index contributed by atoms with van der Waals surface area (Å²) in [6.07, 6.45) is 2.22. The molecule has 0 aliphatic carbocycles. The fourth-order valence-corrected chi connectivity index (χ4v) is 5.36. The third-order valence-electron chi connectivity index (χ3n) is 7.48. The number of carbonyl (C=O) groups excluding carboxylic acids is 1. The summed E-state index contributed by atoms with van der Waals surface area (Å²) < 4.78 is 13.1. The molecule has 0 unspecified atom stereocenters. The molecule has 10 nitrogen and oxygen atoms in total. The lowest BCUT2D eigenvalue weighted by molar-refractivity contribution is 0.102. The van der Waals surface area contributed by atoms with Gasteiger partial charge in [-0.3, -0.25) is 14.2 Å². The highest BCUT2D eigenvalue weighted by Crippen LogP contribution is 2.39. The monoisotopic (exact) mass is 589 g/mol. The van der Waals surface area contributed by atoms with E-state index in [0.717, 1.165) is 45.4 Å². The maximum Gasteiger partial charge on any atom is 0.330 e. The molecule has 0 spiro atoms. The molecule has 218 valence electrons. The summed E-state index contributed by atoms with van der Waals surface area (Å²) >= 11 is 6.99. The van der Waals surface area contributed by atoms with Crippen molar-refractivity contribution in [1.29, 1.82) is 0 Å². The van der Waals surface area contributed by atoms with Gasteiger partial charge >= 0.3 is 5.69 Å². The second-order valence-electron chi connectivity index (χ2n) is 10.2. The topological polar surface area (TPSA) is 116 Å². The number of pyridine rings is 1. The molecule has 0 radical (unpaired) electrons. The van der Waals surface area contributed by atoms with Gasteiger partial charge in [-0.1, -0.05) is 48.0 Å². The van der Waals surface area contributed by atoms with E-state index in [9.17, 15) is 14.4 Å². The first-order chi connectivity index (χ1) is 20.2. The van der Waals surface area contributed by atoms with Gasteiger partial charge in [0.15, 0.2) is 0 Å². The summed E-state index contributed by atoms with van der Waals surface area (Å²) in [6, 6.07) is 15.4. The standard InChI is InChI=1S/C31H32ClN5O5/c1-18-21(7-6-10-25(18)34-28(38)24-16-36(2)31(40)37(3)30(24)39)22-8-5-9-23(27(22)32)26-12-11-19(29(35-26)41-4)15-33-20-13-14-42-17-20/h5-12,16,20,33H,13-15,17H2,1-4H3,(H,34,38)/t20-/m0/s1. The maximum absolute atomic E-state index is 13.1. The molecule has 0 saturated carbocycles. The molecular formula is C31H32ClN5O5. The smallest absolute Gasteiger partial charge is 0.330 e. The van der Waals surface area contributed by atoms with E-state index in [2.05, 4.69) is 10.6 Å². The minimum Gasteiger partial charge on any atom is -0.481 e. The van der Waals surface area contributed by atoms with Crippen molar-refractivity contribution in [3.8, 4) is 28.3 Å². The van der Waals surface area contributed by atoms with Crippen LogP contribution in [0, 0.1) is 6.92 Å². The summed E-state index contributed by atoms with van der Waals surface area (Å²) in [5.41, 5.74) is 3.85. The SMILES string of the molecule is COc1nc(-c2cccc(-c3cccc(NC(=O)c4cn(C)c(=O)n(C)c4=O)c3C)c2Cl)ccc1CN[C@H]1CCOC1. The van der Waals surface area contributed by atoms with Crippen LogP contribution in [0.3, 0.4) is 0 Å². The number of ether oxygens (including phenoxy) is 2. The number of methoxy groups -OCH3 is 1. The molecule has 1 aliphatic heterocycles.